The number of aromatic nitrogens is 1. The molecule has 0 saturated carbocycles. The minimum absolute atomic E-state index is 0.0163. The minimum atomic E-state index is -0.765. The van der Waals surface area contributed by atoms with Gasteiger partial charge in [-0.25, -0.2) is 9.78 Å². The molecule has 0 saturated heterocycles. The summed E-state index contributed by atoms with van der Waals surface area (Å²) in [5.41, 5.74) is 1.38. The van der Waals surface area contributed by atoms with Crippen LogP contribution in [0, 0.1) is 13.8 Å². The molecule has 0 radical (unpaired) electrons. The van der Waals surface area contributed by atoms with Crippen molar-refractivity contribution in [3.63, 3.8) is 0 Å². The summed E-state index contributed by atoms with van der Waals surface area (Å²) in [4.78, 5) is 39.7. The minimum Gasteiger partial charge on any atom is -0.452 e. The lowest BCUT2D eigenvalue weighted by molar-refractivity contribution is -0.123. The number of amides is 2. The number of ether oxygens (including phenoxy) is 1. The first-order chi connectivity index (χ1) is 10.9. The SMILES string of the molecule is Cc1cc(C)c(C(=O)OCC(=O)NC(=O)c2cccs2)c(Cl)n1. The fourth-order valence-electron chi connectivity index (χ4n) is 1.87. The third-order valence-corrected chi connectivity index (χ3v) is 3.98. The molecule has 2 aromatic rings. The van der Waals surface area contributed by atoms with Crippen molar-refractivity contribution in [2.45, 2.75) is 13.8 Å². The molecule has 0 bridgehead atoms. The highest BCUT2D eigenvalue weighted by Crippen LogP contribution is 2.19. The Morgan fingerprint density at radius 2 is 2.09 bits per heavy atom. The van der Waals surface area contributed by atoms with E-state index in [1.54, 1.807) is 37.4 Å². The van der Waals surface area contributed by atoms with Crippen molar-refractivity contribution < 1.29 is 19.1 Å². The van der Waals surface area contributed by atoms with Crippen molar-refractivity contribution in [1.29, 1.82) is 0 Å². The standard InChI is InChI=1S/C15H13ClN2O4S/c1-8-6-9(2)17-13(16)12(8)15(21)22-7-11(19)18-14(20)10-4-3-5-23-10/h3-6H,7H2,1-2H3,(H,18,19,20). The van der Waals surface area contributed by atoms with Gasteiger partial charge in [-0.3, -0.25) is 14.9 Å². The van der Waals surface area contributed by atoms with Gasteiger partial charge in [-0.15, -0.1) is 11.3 Å². The highest BCUT2D eigenvalue weighted by molar-refractivity contribution is 7.12. The van der Waals surface area contributed by atoms with Crippen molar-refractivity contribution in [2.75, 3.05) is 6.61 Å². The maximum absolute atomic E-state index is 12.0. The quantitative estimate of drug-likeness (QED) is 0.675. The Balaban J connectivity index is 1.94. The summed E-state index contributed by atoms with van der Waals surface area (Å²) >= 11 is 7.13. The molecule has 2 aromatic heterocycles. The molecule has 0 fully saturated rings. The van der Waals surface area contributed by atoms with E-state index in [4.69, 9.17) is 16.3 Å². The Morgan fingerprint density at radius 1 is 1.35 bits per heavy atom. The van der Waals surface area contributed by atoms with Gasteiger partial charge >= 0.3 is 5.97 Å². The van der Waals surface area contributed by atoms with Crippen LogP contribution in [0.15, 0.2) is 23.6 Å². The van der Waals surface area contributed by atoms with Crippen molar-refractivity contribution >= 4 is 40.7 Å². The zero-order chi connectivity index (χ0) is 17.0. The summed E-state index contributed by atoms with van der Waals surface area (Å²) in [6.45, 7) is 2.86. The summed E-state index contributed by atoms with van der Waals surface area (Å²) in [6.07, 6.45) is 0. The molecule has 23 heavy (non-hydrogen) atoms. The number of hydrogen-bond acceptors (Lipinski definition) is 6. The number of hydrogen-bond donors (Lipinski definition) is 1. The van der Waals surface area contributed by atoms with Gasteiger partial charge < -0.3 is 4.74 Å². The van der Waals surface area contributed by atoms with Crippen LogP contribution >= 0.6 is 22.9 Å². The van der Waals surface area contributed by atoms with Crippen molar-refractivity contribution in [2.24, 2.45) is 0 Å². The lowest BCUT2D eigenvalue weighted by Gasteiger charge is -2.09. The summed E-state index contributed by atoms with van der Waals surface area (Å²) < 4.78 is 4.89. The third kappa shape index (κ3) is 4.37. The van der Waals surface area contributed by atoms with E-state index in [0.29, 0.717) is 16.1 Å². The Bertz CT molecular complexity index is 736. The van der Waals surface area contributed by atoms with Gasteiger partial charge in [-0.05, 0) is 36.9 Å². The van der Waals surface area contributed by atoms with E-state index in [2.05, 4.69) is 10.3 Å². The Morgan fingerprint density at radius 3 is 2.70 bits per heavy atom. The maximum atomic E-state index is 12.0. The van der Waals surface area contributed by atoms with E-state index in [1.807, 2.05) is 0 Å². The number of pyridine rings is 1. The van der Waals surface area contributed by atoms with E-state index >= 15 is 0 Å². The Hall–Kier alpha value is -2.25. The van der Waals surface area contributed by atoms with Crippen molar-refractivity contribution in [3.8, 4) is 0 Å². The molecular weight excluding hydrogens is 340 g/mol. The second-order valence-electron chi connectivity index (χ2n) is 4.68. The van der Waals surface area contributed by atoms with Gasteiger partial charge in [0.1, 0.15) is 5.15 Å². The predicted molar refractivity (Wildman–Crippen MR) is 85.8 cm³/mol. The molecule has 0 spiro atoms. The van der Waals surface area contributed by atoms with Gasteiger partial charge in [-0.2, -0.15) is 0 Å². The molecule has 2 amide bonds. The molecule has 2 rings (SSSR count). The molecule has 0 aliphatic rings. The van der Waals surface area contributed by atoms with E-state index in [9.17, 15) is 14.4 Å². The number of nitrogens with one attached hydrogen (secondary N) is 1. The lowest BCUT2D eigenvalue weighted by Crippen LogP contribution is -2.33. The number of rotatable bonds is 4. The van der Waals surface area contributed by atoms with Crippen LogP contribution < -0.4 is 5.32 Å². The number of halogens is 1. The summed E-state index contributed by atoms with van der Waals surface area (Å²) in [6, 6.07) is 4.96. The lowest BCUT2D eigenvalue weighted by atomic mass is 10.1. The van der Waals surface area contributed by atoms with E-state index < -0.39 is 24.4 Å². The Labute approximate surface area is 141 Å². The molecule has 6 nitrogen and oxygen atoms in total. The van der Waals surface area contributed by atoms with E-state index in [-0.39, 0.29) is 10.7 Å². The van der Waals surface area contributed by atoms with Gasteiger partial charge in [0.2, 0.25) is 0 Å². The average Bonchev–Trinajstić information content (AvgIpc) is 2.98. The van der Waals surface area contributed by atoms with Gasteiger partial charge in [0, 0.05) is 5.69 Å². The molecule has 0 unspecified atom stereocenters. The second kappa shape index (κ2) is 7.34. The number of imide groups is 1. The van der Waals surface area contributed by atoms with E-state index in [1.165, 1.54) is 11.3 Å². The average molecular weight is 353 g/mol. The summed E-state index contributed by atoms with van der Waals surface area (Å²) in [5.74, 6) is -2.02. The normalized spacial score (nSPS) is 10.2. The van der Waals surface area contributed by atoms with Crippen LogP contribution in [0.1, 0.15) is 31.3 Å². The molecule has 0 aliphatic heterocycles. The third-order valence-electron chi connectivity index (χ3n) is 2.84. The van der Waals surface area contributed by atoms with Gasteiger partial charge in [0.05, 0.1) is 10.4 Å². The van der Waals surface area contributed by atoms with Crippen LogP contribution in [0.25, 0.3) is 0 Å². The molecule has 120 valence electrons. The topological polar surface area (TPSA) is 85.4 Å². The molecule has 1 N–H and O–H groups in total. The van der Waals surface area contributed by atoms with Crippen LogP contribution in [0.3, 0.4) is 0 Å². The predicted octanol–water partition coefficient (Wildman–Crippen LogP) is 2.53. The second-order valence-corrected chi connectivity index (χ2v) is 5.98. The van der Waals surface area contributed by atoms with Crippen molar-refractivity contribution in [3.05, 3.63) is 50.4 Å². The molecule has 2 heterocycles. The highest BCUT2D eigenvalue weighted by atomic mass is 35.5. The summed E-state index contributed by atoms with van der Waals surface area (Å²) in [5, 5.41) is 3.87. The number of carbonyl (C=O) groups is 3. The number of nitrogens with zero attached hydrogens (tertiary/aromatic N) is 1. The van der Waals surface area contributed by atoms with Crippen molar-refractivity contribution in [1.82, 2.24) is 10.3 Å². The molecule has 0 atom stereocenters. The molecule has 0 aliphatic carbocycles. The van der Waals surface area contributed by atoms with Crippen LogP contribution in [0.2, 0.25) is 5.15 Å². The van der Waals surface area contributed by atoms with Gasteiger partial charge in [0.15, 0.2) is 6.61 Å². The number of carbonyl (C=O) groups excluding carboxylic acids is 3. The van der Waals surface area contributed by atoms with Crippen LogP contribution in [-0.2, 0) is 9.53 Å². The highest BCUT2D eigenvalue weighted by Gasteiger charge is 2.19. The maximum Gasteiger partial charge on any atom is 0.342 e. The zero-order valence-corrected chi connectivity index (χ0v) is 14.0. The summed E-state index contributed by atoms with van der Waals surface area (Å²) in [7, 11) is 0. The monoisotopic (exact) mass is 352 g/mol. The molecular formula is C15H13ClN2O4S. The van der Waals surface area contributed by atoms with Crippen LogP contribution in [0.5, 0.6) is 0 Å². The smallest absolute Gasteiger partial charge is 0.342 e. The largest absolute Gasteiger partial charge is 0.452 e. The fraction of sp³-hybridized carbons (Fsp3) is 0.200. The first kappa shape index (κ1) is 17.1. The number of aryl methyl sites for hydroxylation is 2. The molecule has 0 aromatic carbocycles. The Kier molecular flexibility index (Phi) is 5.46. The van der Waals surface area contributed by atoms with Crippen LogP contribution in [-0.4, -0.2) is 29.4 Å². The fourth-order valence-corrected chi connectivity index (χ4v) is 2.85. The first-order valence-electron chi connectivity index (χ1n) is 6.57. The van der Waals surface area contributed by atoms with Crippen LogP contribution in [0.4, 0.5) is 0 Å². The first-order valence-corrected chi connectivity index (χ1v) is 7.83. The number of thiophene rings is 1. The van der Waals surface area contributed by atoms with Gasteiger partial charge in [0.25, 0.3) is 11.8 Å². The molecule has 8 heteroatoms. The van der Waals surface area contributed by atoms with E-state index in [0.717, 1.165) is 0 Å². The number of esters is 1. The zero-order valence-electron chi connectivity index (χ0n) is 12.4. The van der Waals surface area contributed by atoms with Gasteiger partial charge in [-0.1, -0.05) is 17.7 Å².